The van der Waals surface area contributed by atoms with Crippen LogP contribution in [0.2, 0.25) is 0 Å². The second-order valence-electron chi connectivity index (χ2n) is 4.83. The van der Waals surface area contributed by atoms with Crippen LogP contribution in [0.25, 0.3) is 0 Å². The topological polar surface area (TPSA) is 38.0 Å². The Balaban J connectivity index is 2.17. The van der Waals surface area contributed by atoms with E-state index in [2.05, 4.69) is 5.10 Å². The predicted molar refractivity (Wildman–Crippen MR) is 72.4 cm³/mol. The van der Waals surface area contributed by atoms with Gasteiger partial charge in [-0.05, 0) is 36.6 Å². The van der Waals surface area contributed by atoms with E-state index in [1.54, 1.807) is 23.7 Å². The fraction of sp³-hybridized carbons (Fsp3) is 0.400. The van der Waals surface area contributed by atoms with Gasteiger partial charge in [-0.2, -0.15) is 5.10 Å². The molecule has 19 heavy (non-hydrogen) atoms. The molecule has 2 aromatic rings. The third-order valence-corrected chi connectivity index (χ3v) is 3.37. The van der Waals surface area contributed by atoms with Crippen LogP contribution in [-0.2, 0) is 19.9 Å². The highest BCUT2D eigenvalue weighted by molar-refractivity contribution is 5.26. The van der Waals surface area contributed by atoms with Crippen LogP contribution in [0.3, 0.4) is 0 Å². The highest BCUT2D eigenvalue weighted by Gasteiger charge is 2.13. The van der Waals surface area contributed by atoms with E-state index < -0.39 is 6.10 Å². The Bertz CT molecular complexity index is 578. The Labute approximate surface area is 112 Å². The van der Waals surface area contributed by atoms with Crippen LogP contribution < -0.4 is 0 Å². The van der Waals surface area contributed by atoms with Gasteiger partial charge in [0, 0.05) is 19.2 Å². The van der Waals surface area contributed by atoms with Gasteiger partial charge in [-0.15, -0.1) is 0 Å². The van der Waals surface area contributed by atoms with E-state index in [0.717, 1.165) is 17.8 Å². The lowest BCUT2D eigenvalue weighted by Crippen LogP contribution is -2.07. The average Bonchev–Trinajstić information content (AvgIpc) is 2.73. The first-order valence-corrected chi connectivity index (χ1v) is 6.47. The Morgan fingerprint density at radius 1 is 1.37 bits per heavy atom. The largest absolute Gasteiger partial charge is 0.388 e. The zero-order valence-corrected chi connectivity index (χ0v) is 11.5. The highest BCUT2D eigenvalue weighted by atomic mass is 19.1. The Kier molecular flexibility index (Phi) is 4.00. The van der Waals surface area contributed by atoms with Gasteiger partial charge in [0.05, 0.1) is 11.8 Å². The third-order valence-electron chi connectivity index (χ3n) is 3.37. The molecule has 102 valence electrons. The van der Waals surface area contributed by atoms with Crippen molar-refractivity contribution in [2.75, 3.05) is 0 Å². The first kappa shape index (κ1) is 13.7. The van der Waals surface area contributed by atoms with Crippen molar-refractivity contribution in [3.8, 4) is 0 Å². The molecule has 1 unspecified atom stereocenters. The summed E-state index contributed by atoms with van der Waals surface area (Å²) in [5.74, 6) is -0.282. The molecule has 0 saturated carbocycles. The van der Waals surface area contributed by atoms with Crippen LogP contribution in [0.4, 0.5) is 4.39 Å². The number of aliphatic hydroxyl groups is 1. The molecule has 0 saturated heterocycles. The SMILES string of the molecule is CCc1cc(CC(O)c2ccc(C)c(F)c2)n(C)n1. The van der Waals surface area contributed by atoms with Gasteiger partial charge in [-0.3, -0.25) is 4.68 Å². The van der Waals surface area contributed by atoms with Crippen LogP contribution in [0.5, 0.6) is 0 Å². The summed E-state index contributed by atoms with van der Waals surface area (Å²) in [5, 5.41) is 14.5. The van der Waals surface area contributed by atoms with Crippen molar-refractivity contribution in [3.63, 3.8) is 0 Å². The van der Waals surface area contributed by atoms with E-state index in [-0.39, 0.29) is 5.82 Å². The Morgan fingerprint density at radius 3 is 2.68 bits per heavy atom. The Hall–Kier alpha value is -1.68. The van der Waals surface area contributed by atoms with Gasteiger partial charge in [0.25, 0.3) is 0 Å². The molecule has 0 radical (unpaired) electrons. The molecule has 1 atom stereocenters. The zero-order valence-electron chi connectivity index (χ0n) is 11.5. The molecule has 0 fully saturated rings. The molecular formula is C15H19FN2O. The molecule has 1 heterocycles. The van der Waals surface area contributed by atoms with E-state index in [4.69, 9.17) is 0 Å². The number of aromatic nitrogens is 2. The monoisotopic (exact) mass is 262 g/mol. The van der Waals surface area contributed by atoms with Crippen LogP contribution >= 0.6 is 0 Å². The fourth-order valence-corrected chi connectivity index (χ4v) is 2.07. The first-order chi connectivity index (χ1) is 9.01. The fourth-order valence-electron chi connectivity index (χ4n) is 2.07. The number of benzene rings is 1. The number of rotatable bonds is 4. The lowest BCUT2D eigenvalue weighted by molar-refractivity contribution is 0.175. The number of hydrogen-bond acceptors (Lipinski definition) is 2. The quantitative estimate of drug-likeness (QED) is 0.920. The van der Waals surface area contributed by atoms with Crippen molar-refractivity contribution >= 4 is 0 Å². The Morgan fingerprint density at radius 2 is 2.11 bits per heavy atom. The molecule has 0 aliphatic heterocycles. The van der Waals surface area contributed by atoms with Crippen LogP contribution in [0.1, 0.15) is 35.5 Å². The first-order valence-electron chi connectivity index (χ1n) is 6.47. The average molecular weight is 262 g/mol. The molecule has 0 bridgehead atoms. The molecule has 0 aliphatic carbocycles. The highest BCUT2D eigenvalue weighted by Crippen LogP contribution is 2.21. The van der Waals surface area contributed by atoms with Crippen molar-refractivity contribution in [2.24, 2.45) is 7.05 Å². The second kappa shape index (κ2) is 5.53. The van der Waals surface area contributed by atoms with Crippen molar-refractivity contribution in [3.05, 3.63) is 52.6 Å². The van der Waals surface area contributed by atoms with Crippen molar-refractivity contribution in [2.45, 2.75) is 32.8 Å². The minimum Gasteiger partial charge on any atom is -0.388 e. The van der Waals surface area contributed by atoms with E-state index in [1.165, 1.54) is 6.07 Å². The van der Waals surface area contributed by atoms with Crippen LogP contribution in [-0.4, -0.2) is 14.9 Å². The molecule has 3 nitrogen and oxygen atoms in total. The molecule has 1 N–H and O–H groups in total. The van der Waals surface area contributed by atoms with Gasteiger partial charge in [-0.1, -0.05) is 19.1 Å². The maximum atomic E-state index is 13.5. The van der Waals surface area contributed by atoms with E-state index >= 15 is 0 Å². The molecule has 4 heteroatoms. The van der Waals surface area contributed by atoms with Gasteiger partial charge in [0.15, 0.2) is 0 Å². The van der Waals surface area contributed by atoms with Gasteiger partial charge >= 0.3 is 0 Å². The molecule has 1 aromatic carbocycles. The van der Waals surface area contributed by atoms with Crippen LogP contribution in [0.15, 0.2) is 24.3 Å². The second-order valence-corrected chi connectivity index (χ2v) is 4.83. The van der Waals surface area contributed by atoms with Crippen molar-refractivity contribution < 1.29 is 9.50 Å². The maximum absolute atomic E-state index is 13.5. The number of nitrogens with zero attached hydrogens (tertiary/aromatic N) is 2. The third kappa shape index (κ3) is 3.01. The van der Waals surface area contributed by atoms with Crippen molar-refractivity contribution in [1.82, 2.24) is 9.78 Å². The number of aryl methyl sites for hydroxylation is 3. The predicted octanol–water partition coefficient (Wildman–Crippen LogP) is 2.71. The number of hydrogen-bond donors (Lipinski definition) is 1. The zero-order chi connectivity index (χ0) is 14.0. The maximum Gasteiger partial charge on any atom is 0.126 e. The van der Waals surface area contributed by atoms with Crippen LogP contribution in [0, 0.1) is 12.7 Å². The smallest absolute Gasteiger partial charge is 0.126 e. The van der Waals surface area contributed by atoms with E-state index in [0.29, 0.717) is 17.5 Å². The summed E-state index contributed by atoms with van der Waals surface area (Å²) in [6.45, 7) is 3.75. The summed E-state index contributed by atoms with van der Waals surface area (Å²) in [6.07, 6.45) is 0.588. The molecular weight excluding hydrogens is 243 g/mol. The van der Waals surface area contributed by atoms with Gasteiger partial charge in [0.2, 0.25) is 0 Å². The molecule has 0 spiro atoms. The lowest BCUT2D eigenvalue weighted by Gasteiger charge is -2.11. The molecule has 0 amide bonds. The van der Waals surface area contributed by atoms with Gasteiger partial charge in [-0.25, -0.2) is 4.39 Å². The molecule has 0 aliphatic rings. The molecule has 1 aromatic heterocycles. The van der Waals surface area contributed by atoms with E-state index in [9.17, 15) is 9.50 Å². The summed E-state index contributed by atoms with van der Waals surface area (Å²) in [7, 11) is 1.86. The summed E-state index contributed by atoms with van der Waals surface area (Å²) in [5.41, 5.74) is 3.14. The molecule has 2 rings (SSSR count). The summed E-state index contributed by atoms with van der Waals surface area (Å²) in [4.78, 5) is 0. The summed E-state index contributed by atoms with van der Waals surface area (Å²) >= 11 is 0. The summed E-state index contributed by atoms with van der Waals surface area (Å²) in [6, 6.07) is 6.83. The summed E-state index contributed by atoms with van der Waals surface area (Å²) < 4.78 is 15.3. The number of halogens is 1. The van der Waals surface area contributed by atoms with Gasteiger partial charge < -0.3 is 5.11 Å². The standard InChI is InChI=1S/C15H19FN2O/c1-4-12-8-13(18(3)17-12)9-15(19)11-6-5-10(2)14(16)7-11/h5-8,15,19H,4,9H2,1-3H3. The van der Waals surface area contributed by atoms with Crippen molar-refractivity contribution in [1.29, 1.82) is 0 Å². The normalized spacial score (nSPS) is 12.7. The number of aliphatic hydroxyl groups excluding tert-OH is 1. The minimum atomic E-state index is -0.713. The minimum absolute atomic E-state index is 0.282. The lowest BCUT2D eigenvalue weighted by atomic mass is 10.0. The van der Waals surface area contributed by atoms with Gasteiger partial charge in [0.1, 0.15) is 5.82 Å². The van der Waals surface area contributed by atoms with E-state index in [1.807, 2.05) is 20.0 Å².